The molecule has 1 saturated carbocycles. The summed E-state index contributed by atoms with van der Waals surface area (Å²) in [6.07, 6.45) is 2.79. The van der Waals surface area contributed by atoms with Gasteiger partial charge in [0.1, 0.15) is 6.10 Å². The maximum atomic E-state index is 12.9. The first-order valence-corrected chi connectivity index (χ1v) is 8.30. The quantitative estimate of drug-likeness (QED) is 0.906. The highest BCUT2D eigenvalue weighted by molar-refractivity contribution is 6.30. The lowest BCUT2D eigenvalue weighted by atomic mass is 9.63. The van der Waals surface area contributed by atoms with Crippen LogP contribution in [0.1, 0.15) is 31.7 Å². The van der Waals surface area contributed by atoms with E-state index in [0.29, 0.717) is 24.8 Å². The average molecular weight is 324 g/mol. The molecule has 22 heavy (non-hydrogen) atoms. The summed E-state index contributed by atoms with van der Waals surface area (Å²) >= 11 is 5.96. The molecule has 1 aliphatic carbocycles. The Bertz CT molecular complexity index is 527. The predicted octanol–water partition coefficient (Wildman–Crippen LogP) is 2.68. The molecule has 4 nitrogen and oxygen atoms in total. The van der Waals surface area contributed by atoms with Crippen molar-refractivity contribution in [2.45, 2.75) is 43.7 Å². The van der Waals surface area contributed by atoms with Crippen molar-refractivity contribution in [3.8, 4) is 0 Å². The van der Waals surface area contributed by atoms with Crippen molar-refractivity contribution in [3.05, 3.63) is 34.9 Å². The zero-order valence-corrected chi connectivity index (χ0v) is 13.6. The van der Waals surface area contributed by atoms with Crippen LogP contribution >= 0.6 is 11.6 Å². The molecule has 0 spiro atoms. The molecule has 2 aliphatic rings. The maximum absolute atomic E-state index is 12.9. The third-order valence-electron chi connectivity index (χ3n) is 4.76. The number of ether oxygens (including phenoxy) is 2. The Morgan fingerprint density at radius 1 is 1.36 bits per heavy atom. The van der Waals surface area contributed by atoms with Gasteiger partial charge in [-0.05, 0) is 37.5 Å². The van der Waals surface area contributed by atoms with Gasteiger partial charge in [-0.25, -0.2) is 0 Å². The van der Waals surface area contributed by atoms with E-state index in [1.54, 1.807) is 0 Å². The van der Waals surface area contributed by atoms with E-state index in [1.807, 2.05) is 31.2 Å². The monoisotopic (exact) mass is 323 g/mol. The van der Waals surface area contributed by atoms with E-state index in [1.165, 1.54) is 0 Å². The van der Waals surface area contributed by atoms with Crippen LogP contribution in [0, 0.1) is 0 Å². The number of amides is 1. The lowest BCUT2D eigenvalue weighted by Crippen LogP contribution is -2.54. The van der Waals surface area contributed by atoms with Gasteiger partial charge in [-0.3, -0.25) is 4.79 Å². The largest absolute Gasteiger partial charge is 0.376 e. The summed E-state index contributed by atoms with van der Waals surface area (Å²) in [4.78, 5) is 12.9. The first kappa shape index (κ1) is 15.8. The predicted molar refractivity (Wildman–Crippen MR) is 85.1 cm³/mol. The summed E-state index contributed by atoms with van der Waals surface area (Å²) in [5, 5.41) is 3.84. The lowest BCUT2D eigenvalue weighted by Gasteiger charge is -2.41. The Labute approximate surface area is 136 Å². The van der Waals surface area contributed by atoms with Gasteiger partial charge < -0.3 is 14.8 Å². The van der Waals surface area contributed by atoms with Crippen molar-refractivity contribution in [1.82, 2.24) is 5.32 Å². The topological polar surface area (TPSA) is 47.6 Å². The van der Waals surface area contributed by atoms with Gasteiger partial charge in [0.05, 0.1) is 24.7 Å². The van der Waals surface area contributed by atoms with Crippen LogP contribution in [0.5, 0.6) is 0 Å². The molecule has 1 aliphatic heterocycles. The number of nitrogens with one attached hydrogen (secondary N) is 1. The second-order valence-corrected chi connectivity index (χ2v) is 6.49. The fourth-order valence-corrected chi connectivity index (χ4v) is 3.43. The third-order valence-corrected chi connectivity index (χ3v) is 5.02. The molecule has 1 heterocycles. The Morgan fingerprint density at radius 3 is 2.68 bits per heavy atom. The smallest absolute Gasteiger partial charge is 0.231 e. The molecule has 2 atom stereocenters. The van der Waals surface area contributed by atoms with Crippen LogP contribution in [-0.2, 0) is 19.7 Å². The highest BCUT2D eigenvalue weighted by Crippen LogP contribution is 2.44. The zero-order valence-electron chi connectivity index (χ0n) is 12.8. The summed E-state index contributed by atoms with van der Waals surface area (Å²) in [5.74, 6) is 0.0845. The molecule has 1 aromatic rings. The number of carbonyl (C=O) groups excluding carboxylic acids is 1. The normalized spacial score (nSPS) is 26.5. The number of hydrogen-bond acceptors (Lipinski definition) is 3. The molecule has 0 bridgehead atoms. The van der Waals surface area contributed by atoms with Crippen LogP contribution in [0.4, 0.5) is 0 Å². The van der Waals surface area contributed by atoms with Crippen LogP contribution in [0.2, 0.25) is 5.02 Å². The van der Waals surface area contributed by atoms with E-state index >= 15 is 0 Å². The number of carbonyl (C=O) groups is 1. The van der Waals surface area contributed by atoms with Crippen LogP contribution in [-0.4, -0.2) is 37.9 Å². The first-order valence-electron chi connectivity index (χ1n) is 7.92. The molecule has 1 N–H and O–H groups in total. The molecular weight excluding hydrogens is 302 g/mol. The van der Waals surface area contributed by atoms with Crippen LogP contribution in [0.15, 0.2) is 24.3 Å². The van der Waals surface area contributed by atoms with Crippen LogP contribution in [0.3, 0.4) is 0 Å². The lowest BCUT2D eigenvalue weighted by molar-refractivity contribution is -0.131. The van der Waals surface area contributed by atoms with Gasteiger partial charge in [0, 0.05) is 11.6 Å². The van der Waals surface area contributed by atoms with Gasteiger partial charge in [-0.15, -0.1) is 0 Å². The van der Waals surface area contributed by atoms with Gasteiger partial charge in [0.25, 0.3) is 0 Å². The van der Waals surface area contributed by atoms with E-state index in [2.05, 4.69) is 5.32 Å². The summed E-state index contributed by atoms with van der Waals surface area (Å²) in [5.41, 5.74) is 0.636. The number of hydrogen-bond donors (Lipinski definition) is 1. The highest BCUT2D eigenvalue weighted by atomic mass is 35.5. The molecule has 1 saturated heterocycles. The minimum absolute atomic E-state index is 0.0451. The zero-order chi connectivity index (χ0) is 15.6. The molecule has 3 rings (SSSR count). The fourth-order valence-electron chi connectivity index (χ4n) is 3.30. The van der Waals surface area contributed by atoms with E-state index in [-0.39, 0.29) is 18.1 Å². The van der Waals surface area contributed by atoms with E-state index in [4.69, 9.17) is 21.1 Å². The Balaban J connectivity index is 1.73. The van der Waals surface area contributed by atoms with Crippen LogP contribution < -0.4 is 5.32 Å². The standard InChI is InChI=1S/C17H22ClNO3/c1-2-22-15-11-21-10-14(15)19-16(20)17(8-3-9-17)12-4-6-13(18)7-5-12/h4-7,14-15H,2-3,8-11H2,1H3,(H,19,20)/t14-,15-/m0/s1. The van der Waals surface area contributed by atoms with Crippen molar-refractivity contribution < 1.29 is 14.3 Å². The SMILES string of the molecule is CCO[C@H]1COC[C@@H]1NC(=O)C1(c2ccc(Cl)cc2)CCC1. The fraction of sp³-hybridized carbons (Fsp3) is 0.588. The molecule has 1 aromatic carbocycles. The van der Waals surface area contributed by atoms with Crippen molar-refractivity contribution in [3.63, 3.8) is 0 Å². The van der Waals surface area contributed by atoms with Crippen molar-refractivity contribution in [2.24, 2.45) is 0 Å². The van der Waals surface area contributed by atoms with Crippen molar-refractivity contribution in [2.75, 3.05) is 19.8 Å². The van der Waals surface area contributed by atoms with Gasteiger partial charge in [0.2, 0.25) is 5.91 Å². The molecule has 120 valence electrons. The molecule has 0 radical (unpaired) electrons. The Kier molecular flexibility index (Phi) is 4.71. The average Bonchev–Trinajstić information content (AvgIpc) is 2.87. The second kappa shape index (κ2) is 6.57. The Hall–Kier alpha value is -1.10. The maximum Gasteiger partial charge on any atom is 0.231 e. The summed E-state index contributed by atoms with van der Waals surface area (Å²) < 4.78 is 11.1. The Morgan fingerprint density at radius 2 is 2.09 bits per heavy atom. The van der Waals surface area contributed by atoms with E-state index in [9.17, 15) is 4.79 Å². The molecule has 2 fully saturated rings. The molecule has 5 heteroatoms. The van der Waals surface area contributed by atoms with Gasteiger partial charge >= 0.3 is 0 Å². The number of halogens is 1. The summed E-state index contributed by atoms with van der Waals surface area (Å²) in [6.45, 7) is 3.65. The summed E-state index contributed by atoms with van der Waals surface area (Å²) in [6, 6.07) is 7.58. The highest BCUT2D eigenvalue weighted by Gasteiger charge is 2.47. The number of benzene rings is 1. The minimum Gasteiger partial charge on any atom is -0.376 e. The third kappa shape index (κ3) is 2.87. The van der Waals surface area contributed by atoms with E-state index in [0.717, 1.165) is 24.8 Å². The van der Waals surface area contributed by atoms with Gasteiger partial charge in [-0.1, -0.05) is 30.2 Å². The van der Waals surface area contributed by atoms with Crippen LogP contribution in [0.25, 0.3) is 0 Å². The minimum atomic E-state index is -0.413. The molecule has 1 amide bonds. The van der Waals surface area contributed by atoms with Gasteiger partial charge in [-0.2, -0.15) is 0 Å². The van der Waals surface area contributed by atoms with E-state index < -0.39 is 5.41 Å². The van der Waals surface area contributed by atoms with Crippen molar-refractivity contribution in [1.29, 1.82) is 0 Å². The number of rotatable bonds is 5. The molecule has 0 aromatic heterocycles. The summed E-state index contributed by atoms with van der Waals surface area (Å²) in [7, 11) is 0. The second-order valence-electron chi connectivity index (χ2n) is 6.05. The first-order chi connectivity index (χ1) is 10.7. The molecule has 0 unspecified atom stereocenters. The van der Waals surface area contributed by atoms with Crippen molar-refractivity contribution >= 4 is 17.5 Å². The molecular formula is C17H22ClNO3. The van der Waals surface area contributed by atoms with Gasteiger partial charge in [0.15, 0.2) is 0 Å².